The van der Waals surface area contributed by atoms with Crippen LogP contribution in [-0.4, -0.2) is 36.9 Å². The molecule has 2 aliphatic heterocycles. The van der Waals surface area contributed by atoms with Crippen molar-refractivity contribution in [3.8, 4) is 5.75 Å². The van der Waals surface area contributed by atoms with Crippen LogP contribution >= 0.6 is 23.2 Å². The molecule has 166 valence electrons. The summed E-state index contributed by atoms with van der Waals surface area (Å²) in [6, 6.07) is 5.91. The normalized spacial score (nSPS) is 22.9. The lowest BCUT2D eigenvalue weighted by Crippen LogP contribution is -2.43. The van der Waals surface area contributed by atoms with Crippen LogP contribution in [0.2, 0.25) is 10.0 Å². The van der Waals surface area contributed by atoms with Gasteiger partial charge in [0, 0.05) is 12.1 Å². The third-order valence-corrected chi connectivity index (χ3v) is 8.74. The van der Waals surface area contributed by atoms with Gasteiger partial charge in [0.1, 0.15) is 10.7 Å². The number of carbonyl (C=O) groups excluding carboxylic acids is 1. The van der Waals surface area contributed by atoms with Crippen LogP contribution in [0.15, 0.2) is 35.2 Å². The second kappa shape index (κ2) is 8.46. The number of urea groups is 1. The van der Waals surface area contributed by atoms with Crippen LogP contribution in [0.25, 0.3) is 0 Å². The van der Waals surface area contributed by atoms with Gasteiger partial charge in [-0.2, -0.15) is 0 Å². The van der Waals surface area contributed by atoms with Gasteiger partial charge in [-0.3, -0.25) is 0 Å². The maximum absolute atomic E-state index is 13.6. The third-order valence-electron chi connectivity index (χ3n) is 5.68. The van der Waals surface area contributed by atoms with Crippen LogP contribution in [0.4, 0.5) is 20.6 Å². The average Bonchev–Trinajstić information content (AvgIpc) is 3.05. The summed E-state index contributed by atoms with van der Waals surface area (Å²) >= 11 is 12.0. The molecule has 2 fully saturated rings. The molecule has 2 aliphatic rings. The van der Waals surface area contributed by atoms with E-state index in [9.17, 15) is 22.7 Å². The molecule has 7 nitrogen and oxygen atoms in total. The Kier molecular flexibility index (Phi) is 6.04. The van der Waals surface area contributed by atoms with Gasteiger partial charge >= 0.3 is 6.03 Å². The molecule has 4 rings (SSSR count). The maximum Gasteiger partial charge on any atom is 0.323 e. The van der Waals surface area contributed by atoms with E-state index in [1.807, 2.05) is 0 Å². The highest BCUT2D eigenvalue weighted by Crippen LogP contribution is 2.42. The molecule has 3 atom stereocenters. The molecule has 31 heavy (non-hydrogen) atoms. The Hall–Kier alpha value is -2.07. The molecule has 0 spiro atoms. The van der Waals surface area contributed by atoms with Crippen LogP contribution in [0.5, 0.6) is 5.75 Å². The number of hydrogen-bond acceptors (Lipinski definition) is 5. The number of phenols is 1. The van der Waals surface area contributed by atoms with E-state index in [1.165, 1.54) is 24.3 Å². The lowest BCUT2D eigenvalue weighted by Gasteiger charge is -2.29. The van der Waals surface area contributed by atoms with E-state index < -0.39 is 37.6 Å². The molecule has 2 amide bonds. The summed E-state index contributed by atoms with van der Waals surface area (Å²) in [5.41, 5.74) is -0.129. The summed E-state index contributed by atoms with van der Waals surface area (Å²) in [5, 5.41) is 17.7. The zero-order valence-electron chi connectivity index (χ0n) is 16.2. The van der Waals surface area contributed by atoms with Gasteiger partial charge in [0.15, 0.2) is 15.6 Å². The van der Waals surface area contributed by atoms with E-state index >= 15 is 0 Å². The summed E-state index contributed by atoms with van der Waals surface area (Å²) in [4.78, 5) is 11.9. The van der Waals surface area contributed by atoms with E-state index in [0.717, 1.165) is 18.9 Å². The smallest absolute Gasteiger partial charge is 0.323 e. The highest BCUT2D eigenvalue weighted by atomic mass is 35.5. The van der Waals surface area contributed by atoms with Gasteiger partial charge in [-0.25, -0.2) is 17.6 Å². The topological polar surface area (TPSA) is 108 Å². The molecule has 2 aromatic rings. The van der Waals surface area contributed by atoms with Gasteiger partial charge < -0.3 is 21.1 Å². The predicted octanol–water partition coefficient (Wildman–Crippen LogP) is 4.54. The molecule has 2 saturated heterocycles. The van der Waals surface area contributed by atoms with Gasteiger partial charge in [-0.05, 0) is 49.9 Å². The maximum atomic E-state index is 13.6. The molecule has 11 heteroatoms. The van der Waals surface area contributed by atoms with Crippen LogP contribution in [0, 0.1) is 5.82 Å². The Morgan fingerprint density at radius 3 is 2.39 bits per heavy atom. The molecule has 0 aromatic heterocycles. The van der Waals surface area contributed by atoms with Crippen molar-refractivity contribution in [2.75, 3.05) is 10.6 Å². The van der Waals surface area contributed by atoms with E-state index in [0.29, 0.717) is 12.8 Å². The standard InChI is InChI=1S/C20H20Cl2FN3O4S/c21-13-6-7-16(26-20(28)25-15-3-1-2-14(23)17(15)22)18(27)19(13)31(29,30)12-8-10-4-5-11(9-12)24-10/h1-3,6-7,10-12,24,27H,4-5,8-9H2,(H2,25,26,28)/t10-,11+,12?. The first-order valence-electron chi connectivity index (χ1n) is 9.70. The van der Waals surface area contributed by atoms with E-state index in [2.05, 4.69) is 16.0 Å². The highest BCUT2D eigenvalue weighted by molar-refractivity contribution is 7.92. The number of fused-ring (bicyclic) bond motifs is 2. The van der Waals surface area contributed by atoms with Gasteiger partial charge in [-0.1, -0.05) is 29.3 Å². The SMILES string of the molecule is O=C(Nc1ccc(Cl)c(S(=O)(=O)C2C[C@H]3CC[C@@H](C2)N3)c1O)Nc1cccc(F)c1Cl. The predicted molar refractivity (Wildman–Crippen MR) is 117 cm³/mol. The summed E-state index contributed by atoms with van der Waals surface area (Å²) in [6.07, 6.45) is 2.71. The lowest BCUT2D eigenvalue weighted by molar-refractivity contribution is 0.262. The Balaban J connectivity index is 1.59. The zero-order valence-corrected chi connectivity index (χ0v) is 18.5. The van der Waals surface area contributed by atoms with Crippen molar-refractivity contribution in [1.82, 2.24) is 5.32 Å². The fourth-order valence-electron chi connectivity index (χ4n) is 4.22. The summed E-state index contributed by atoms with van der Waals surface area (Å²) in [5.74, 6) is -1.35. The number of aromatic hydroxyl groups is 1. The first-order chi connectivity index (χ1) is 14.7. The van der Waals surface area contributed by atoms with Crippen molar-refractivity contribution >= 4 is 50.4 Å². The molecular formula is C20H20Cl2FN3O4S. The molecule has 0 radical (unpaired) electrons. The van der Waals surface area contributed by atoms with E-state index in [1.54, 1.807) is 0 Å². The Morgan fingerprint density at radius 2 is 1.71 bits per heavy atom. The fraction of sp³-hybridized carbons (Fsp3) is 0.350. The van der Waals surface area contributed by atoms with Crippen molar-refractivity contribution in [3.63, 3.8) is 0 Å². The van der Waals surface area contributed by atoms with E-state index in [-0.39, 0.29) is 33.5 Å². The van der Waals surface area contributed by atoms with Gasteiger partial charge in [0.2, 0.25) is 0 Å². The fourth-order valence-corrected chi connectivity index (χ4v) is 6.89. The number of piperidine rings is 1. The highest BCUT2D eigenvalue weighted by Gasteiger charge is 2.42. The van der Waals surface area contributed by atoms with Crippen molar-refractivity contribution in [2.45, 2.75) is 47.9 Å². The van der Waals surface area contributed by atoms with Gasteiger partial charge in [0.25, 0.3) is 0 Å². The van der Waals surface area contributed by atoms with Crippen LogP contribution in [0.1, 0.15) is 25.7 Å². The molecule has 2 aromatic carbocycles. The third kappa shape index (κ3) is 4.32. The molecule has 4 N–H and O–H groups in total. The van der Waals surface area contributed by atoms with Gasteiger partial charge in [-0.15, -0.1) is 0 Å². The monoisotopic (exact) mass is 487 g/mol. The van der Waals surface area contributed by atoms with Crippen molar-refractivity contribution in [3.05, 3.63) is 46.2 Å². The minimum absolute atomic E-state index is 0.0191. The van der Waals surface area contributed by atoms with Crippen LogP contribution in [-0.2, 0) is 9.84 Å². The first-order valence-corrected chi connectivity index (χ1v) is 12.0. The quantitative estimate of drug-likeness (QED) is 0.473. The molecule has 2 bridgehead atoms. The molecule has 0 saturated carbocycles. The van der Waals surface area contributed by atoms with Crippen LogP contribution in [0.3, 0.4) is 0 Å². The molecule has 0 aliphatic carbocycles. The summed E-state index contributed by atoms with van der Waals surface area (Å²) in [7, 11) is -3.94. The minimum Gasteiger partial charge on any atom is -0.504 e. The lowest BCUT2D eigenvalue weighted by atomic mass is 10.1. The molecule has 1 unspecified atom stereocenters. The average molecular weight is 488 g/mol. The molecule has 2 heterocycles. The number of phenolic OH excluding ortho intramolecular Hbond substituents is 1. The van der Waals surface area contributed by atoms with Crippen molar-refractivity contribution < 1.29 is 22.7 Å². The number of nitrogens with one attached hydrogen (secondary N) is 3. The van der Waals surface area contributed by atoms with Crippen molar-refractivity contribution in [2.24, 2.45) is 0 Å². The number of anilines is 2. The number of halogens is 3. The summed E-state index contributed by atoms with van der Waals surface area (Å²) in [6.45, 7) is 0. The van der Waals surface area contributed by atoms with Gasteiger partial charge in [0.05, 0.1) is 26.7 Å². The largest absolute Gasteiger partial charge is 0.504 e. The molecular weight excluding hydrogens is 468 g/mol. The van der Waals surface area contributed by atoms with Crippen LogP contribution < -0.4 is 16.0 Å². The second-order valence-corrected chi connectivity index (χ2v) is 10.7. The number of sulfone groups is 1. The van der Waals surface area contributed by atoms with Crippen molar-refractivity contribution in [1.29, 1.82) is 0 Å². The van der Waals surface area contributed by atoms with E-state index in [4.69, 9.17) is 23.2 Å². The number of rotatable bonds is 4. The Labute approximate surface area is 188 Å². The number of carbonyl (C=O) groups is 1. The number of benzene rings is 2. The second-order valence-electron chi connectivity index (χ2n) is 7.73. The Bertz CT molecular complexity index is 1130. The zero-order chi connectivity index (χ0) is 22.3. The Morgan fingerprint density at radius 1 is 1.06 bits per heavy atom. The minimum atomic E-state index is -3.94. The summed E-state index contributed by atoms with van der Waals surface area (Å²) < 4.78 is 40.2. The number of hydrogen-bond donors (Lipinski definition) is 4. The first kappa shape index (κ1) is 22.1. The number of amides is 2.